The molecule has 1 unspecified atom stereocenters. The van der Waals surface area contributed by atoms with Crippen LogP contribution < -0.4 is 5.73 Å². The topological polar surface area (TPSA) is 70.8 Å². The third kappa shape index (κ3) is 3.66. The van der Waals surface area contributed by atoms with E-state index >= 15 is 0 Å². The number of esters is 1. The zero-order valence-corrected chi connectivity index (χ0v) is 10.7. The predicted molar refractivity (Wildman–Crippen MR) is 63.5 cm³/mol. The first-order valence-corrected chi connectivity index (χ1v) is 6.06. The van der Waals surface area contributed by atoms with Crippen molar-refractivity contribution in [2.45, 2.75) is 19.3 Å². The number of carbonyl (C=O) groups excluding carboxylic acids is 1. The van der Waals surface area contributed by atoms with E-state index in [2.05, 4.69) is 0 Å². The maximum Gasteiger partial charge on any atom is 0.313 e. The second kappa shape index (κ2) is 6.93. The third-order valence-electron chi connectivity index (χ3n) is 3.44. The molecule has 100 valence electrons. The summed E-state index contributed by atoms with van der Waals surface area (Å²) in [5.74, 6) is 0.170. The average molecular weight is 245 g/mol. The zero-order valence-electron chi connectivity index (χ0n) is 10.7. The number of methoxy groups -OCH3 is 2. The van der Waals surface area contributed by atoms with Crippen molar-refractivity contribution in [1.29, 1.82) is 0 Å². The smallest absolute Gasteiger partial charge is 0.313 e. The van der Waals surface area contributed by atoms with Gasteiger partial charge in [-0.3, -0.25) is 4.79 Å². The summed E-state index contributed by atoms with van der Waals surface area (Å²) >= 11 is 0. The molecule has 0 radical (unpaired) electrons. The van der Waals surface area contributed by atoms with Crippen molar-refractivity contribution < 1.29 is 19.0 Å². The van der Waals surface area contributed by atoms with Crippen LogP contribution in [0.15, 0.2) is 0 Å². The van der Waals surface area contributed by atoms with Gasteiger partial charge in [-0.05, 0) is 25.2 Å². The normalized spacial score (nSPS) is 18.8. The number of hydrogen-bond donors (Lipinski definition) is 1. The molecule has 0 aliphatic heterocycles. The van der Waals surface area contributed by atoms with Crippen molar-refractivity contribution in [2.75, 3.05) is 40.6 Å². The van der Waals surface area contributed by atoms with Crippen LogP contribution in [-0.2, 0) is 19.0 Å². The molecule has 1 aliphatic carbocycles. The van der Waals surface area contributed by atoms with Gasteiger partial charge in [0.1, 0.15) is 0 Å². The highest BCUT2D eigenvalue weighted by Gasteiger charge is 2.50. The SMILES string of the molecule is COCCOCCC(CN)(C(=O)OC)C1CC1. The summed E-state index contributed by atoms with van der Waals surface area (Å²) in [4.78, 5) is 11.9. The molecule has 5 nitrogen and oxygen atoms in total. The lowest BCUT2D eigenvalue weighted by atomic mass is 9.79. The van der Waals surface area contributed by atoms with Crippen LogP contribution in [0.3, 0.4) is 0 Å². The number of nitrogens with two attached hydrogens (primary N) is 1. The highest BCUT2D eigenvalue weighted by Crippen LogP contribution is 2.48. The van der Waals surface area contributed by atoms with E-state index in [-0.39, 0.29) is 5.97 Å². The first kappa shape index (κ1) is 14.4. The molecule has 0 bridgehead atoms. The summed E-state index contributed by atoms with van der Waals surface area (Å²) in [6, 6.07) is 0. The number of hydrogen-bond acceptors (Lipinski definition) is 5. The van der Waals surface area contributed by atoms with Crippen LogP contribution in [-0.4, -0.2) is 46.6 Å². The largest absolute Gasteiger partial charge is 0.469 e. The van der Waals surface area contributed by atoms with Gasteiger partial charge in [0.25, 0.3) is 0 Å². The molecule has 1 rings (SSSR count). The van der Waals surface area contributed by atoms with Crippen LogP contribution >= 0.6 is 0 Å². The van der Waals surface area contributed by atoms with Crippen molar-refractivity contribution in [2.24, 2.45) is 17.1 Å². The fourth-order valence-corrected chi connectivity index (χ4v) is 2.16. The van der Waals surface area contributed by atoms with Gasteiger partial charge in [0.05, 0.1) is 25.7 Å². The van der Waals surface area contributed by atoms with Gasteiger partial charge in [0, 0.05) is 20.3 Å². The lowest BCUT2D eigenvalue weighted by Crippen LogP contribution is -2.42. The van der Waals surface area contributed by atoms with Crippen LogP contribution in [0.5, 0.6) is 0 Å². The van der Waals surface area contributed by atoms with Crippen LogP contribution in [0, 0.1) is 11.3 Å². The molecule has 0 aromatic heterocycles. The Bertz CT molecular complexity index is 243. The first-order chi connectivity index (χ1) is 8.21. The van der Waals surface area contributed by atoms with Crippen LogP contribution in [0.4, 0.5) is 0 Å². The Kier molecular flexibility index (Phi) is 5.88. The van der Waals surface area contributed by atoms with E-state index in [9.17, 15) is 4.79 Å². The van der Waals surface area contributed by atoms with E-state index in [4.69, 9.17) is 19.9 Å². The Balaban J connectivity index is 2.43. The maximum atomic E-state index is 11.9. The molecule has 0 heterocycles. The van der Waals surface area contributed by atoms with Gasteiger partial charge in [-0.1, -0.05) is 0 Å². The van der Waals surface area contributed by atoms with E-state index < -0.39 is 5.41 Å². The highest BCUT2D eigenvalue weighted by atomic mass is 16.5. The van der Waals surface area contributed by atoms with Gasteiger partial charge in [0.2, 0.25) is 0 Å². The average Bonchev–Trinajstić information content (AvgIpc) is 3.18. The van der Waals surface area contributed by atoms with E-state index in [0.717, 1.165) is 12.8 Å². The summed E-state index contributed by atoms with van der Waals surface area (Å²) in [5, 5.41) is 0. The molecule has 1 fully saturated rings. The quantitative estimate of drug-likeness (QED) is 0.475. The molecule has 5 heteroatoms. The molecule has 1 atom stereocenters. The van der Waals surface area contributed by atoms with Crippen molar-refractivity contribution in [1.82, 2.24) is 0 Å². The Labute approximate surface area is 103 Å². The van der Waals surface area contributed by atoms with Crippen LogP contribution in [0.25, 0.3) is 0 Å². The number of rotatable bonds is 9. The highest BCUT2D eigenvalue weighted by molar-refractivity contribution is 5.78. The summed E-state index contributed by atoms with van der Waals surface area (Å²) in [7, 11) is 3.05. The van der Waals surface area contributed by atoms with E-state index in [1.807, 2.05) is 0 Å². The zero-order chi connectivity index (χ0) is 12.7. The Hall–Kier alpha value is -0.650. The molecule has 1 aliphatic rings. The molecule has 0 aromatic rings. The van der Waals surface area contributed by atoms with E-state index in [1.165, 1.54) is 7.11 Å². The Morgan fingerprint density at radius 2 is 2.00 bits per heavy atom. The van der Waals surface area contributed by atoms with Crippen molar-refractivity contribution in [3.8, 4) is 0 Å². The maximum absolute atomic E-state index is 11.9. The summed E-state index contributed by atoms with van der Waals surface area (Å²) < 4.78 is 15.2. The Morgan fingerprint density at radius 3 is 2.47 bits per heavy atom. The molecular weight excluding hydrogens is 222 g/mol. The van der Waals surface area contributed by atoms with Gasteiger partial charge >= 0.3 is 5.97 Å². The standard InChI is InChI=1S/C12H23NO4/c1-15-7-8-17-6-5-12(9-13,10-3-4-10)11(14)16-2/h10H,3-9,13H2,1-2H3. The Morgan fingerprint density at radius 1 is 1.29 bits per heavy atom. The molecule has 0 saturated heterocycles. The van der Waals surface area contributed by atoms with E-state index in [0.29, 0.717) is 38.7 Å². The van der Waals surface area contributed by atoms with Crippen molar-refractivity contribution in [3.05, 3.63) is 0 Å². The lowest BCUT2D eigenvalue weighted by molar-refractivity contribution is -0.155. The van der Waals surface area contributed by atoms with Crippen molar-refractivity contribution in [3.63, 3.8) is 0 Å². The molecule has 1 saturated carbocycles. The van der Waals surface area contributed by atoms with Crippen LogP contribution in [0.1, 0.15) is 19.3 Å². The number of ether oxygens (including phenoxy) is 3. The predicted octanol–water partition coefficient (Wildman–Crippen LogP) is 0.568. The van der Waals surface area contributed by atoms with Gasteiger partial charge in [-0.2, -0.15) is 0 Å². The minimum atomic E-state index is -0.540. The fraction of sp³-hybridized carbons (Fsp3) is 0.917. The summed E-state index contributed by atoms with van der Waals surface area (Å²) in [5.41, 5.74) is 5.25. The second-order valence-electron chi connectivity index (χ2n) is 4.48. The summed E-state index contributed by atoms with van der Waals surface area (Å²) in [6.45, 7) is 1.96. The third-order valence-corrected chi connectivity index (χ3v) is 3.44. The van der Waals surface area contributed by atoms with Gasteiger partial charge in [-0.25, -0.2) is 0 Å². The molecule has 0 aromatic carbocycles. The fourth-order valence-electron chi connectivity index (χ4n) is 2.16. The van der Waals surface area contributed by atoms with Gasteiger partial charge in [-0.15, -0.1) is 0 Å². The molecule has 17 heavy (non-hydrogen) atoms. The molecule has 0 amide bonds. The van der Waals surface area contributed by atoms with Crippen LogP contribution in [0.2, 0.25) is 0 Å². The molecular formula is C12H23NO4. The number of carbonyl (C=O) groups is 1. The van der Waals surface area contributed by atoms with Gasteiger partial charge < -0.3 is 19.9 Å². The minimum Gasteiger partial charge on any atom is -0.469 e. The summed E-state index contributed by atoms with van der Waals surface area (Å²) in [6.07, 6.45) is 2.75. The second-order valence-corrected chi connectivity index (χ2v) is 4.48. The first-order valence-electron chi connectivity index (χ1n) is 6.06. The van der Waals surface area contributed by atoms with E-state index in [1.54, 1.807) is 7.11 Å². The van der Waals surface area contributed by atoms with Crippen molar-refractivity contribution >= 4 is 5.97 Å². The van der Waals surface area contributed by atoms with Gasteiger partial charge in [0.15, 0.2) is 0 Å². The molecule has 2 N–H and O–H groups in total. The molecule has 0 spiro atoms. The minimum absolute atomic E-state index is 0.196. The monoisotopic (exact) mass is 245 g/mol. The lowest BCUT2D eigenvalue weighted by Gasteiger charge is -2.29.